The van der Waals surface area contributed by atoms with Crippen LogP contribution in [0.4, 0.5) is 0 Å². The normalized spacial score (nSPS) is 11.2. The predicted molar refractivity (Wildman–Crippen MR) is 98.7 cm³/mol. The fourth-order valence-electron chi connectivity index (χ4n) is 1.89. The lowest BCUT2D eigenvalue weighted by atomic mass is 10.1. The van der Waals surface area contributed by atoms with Crippen molar-refractivity contribution in [2.24, 2.45) is 0 Å². The Balaban J connectivity index is 3.44. The second-order valence-electron chi connectivity index (χ2n) is 6.78. The molecule has 0 unspecified atom stereocenters. The van der Waals surface area contributed by atoms with Crippen LogP contribution in [-0.2, 0) is 38.1 Å². The number of Topliss-reactive ketones (excluding diaryl/α,β-unsaturated/α-hetero) is 2. The maximum atomic E-state index is 11.6. The third-order valence-electron chi connectivity index (χ3n) is 3.11. The molecule has 0 aromatic carbocycles. The van der Waals surface area contributed by atoms with E-state index in [1.807, 2.05) is 0 Å². The minimum absolute atomic E-state index is 0.0478. The molecule has 0 atom stereocenters. The zero-order chi connectivity index (χ0) is 21.4. The molecule has 0 radical (unpaired) electrons. The molecule has 9 nitrogen and oxygen atoms in total. The van der Waals surface area contributed by atoms with E-state index >= 15 is 0 Å². The number of esters is 1. The Hall–Kier alpha value is -1.97. The van der Waals surface area contributed by atoms with Gasteiger partial charge in [0.15, 0.2) is 11.6 Å². The first-order chi connectivity index (χ1) is 13.1. The van der Waals surface area contributed by atoms with E-state index < -0.39 is 11.6 Å². The van der Waals surface area contributed by atoms with E-state index in [1.165, 1.54) is 0 Å². The second-order valence-corrected chi connectivity index (χ2v) is 6.78. The van der Waals surface area contributed by atoms with Gasteiger partial charge in [-0.2, -0.15) is 0 Å². The summed E-state index contributed by atoms with van der Waals surface area (Å²) in [6.07, 6.45) is 0.542. The number of hydrogen-bond acceptors (Lipinski definition) is 8. The van der Waals surface area contributed by atoms with E-state index in [2.05, 4.69) is 6.92 Å². The molecule has 0 fully saturated rings. The number of carboxylic acids is 1. The van der Waals surface area contributed by atoms with E-state index in [4.69, 9.17) is 24.1 Å². The smallest absolute Gasteiger partial charge is 0.309 e. The maximum absolute atomic E-state index is 11.6. The fraction of sp³-hybridized carbons (Fsp3) is 0.737. The minimum atomic E-state index is -1.02. The van der Waals surface area contributed by atoms with Crippen LogP contribution < -0.4 is 0 Å². The summed E-state index contributed by atoms with van der Waals surface area (Å²) in [7, 11) is 0. The molecule has 0 aliphatic heterocycles. The summed E-state index contributed by atoms with van der Waals surface area (Å²) in [6, 6.07) is 0. The van der Waals surface area contributed by atoms with Crippen molar-refractivity contribution in [2.45, 2.75) is 51.6 Å². The molecule has 0 amide bonds. The van der Waals surface area contributed by atoms with Gasteiger partial charge in [-0.25, -0.2) is 0 Å². The SMILES string of the molecule is [CH2+]C(C)(C)OC(=O)CCCC(=O)COCCOCCOCC(=O)CCC(=O)O. The lowest BCUT2D eigenvalue weighted by Gasteiger charge is -2.12. The summed E-state index contributed by atoms with van der Waals surface area (Å²) in [6.45, 7) is 7.82. The van der Waals surface area contributed by atoms with Gasteiger partial charge >= 0.3 is 11.9 Å². The monoisotopic (exact) mass is 403 g/mol. The highest BCUT2D eigenvalue weighted by molar-refractivity contribution is 5.83. The van der Waals surface area contributed by atoms with Gasteiger partial charge in [0.1, 0.15) is 20.1 Å². The molecule has 160 valence electrons. The zero-order valence-electron chi connectivity index (χ0n) is 16.7. The number of ketones is 2. The number of rotatable bonds is 18. The third-order valence-corrected chi connectivity index (χ3v) is 3.11. The van der Waals surface area contributed by atoms with Crippen molar-refractivity contribution >= 4 is 23.5 Å². The van der Waals surface area contributed by atoms with Crippen LogP contribution in [0, 0.1) is 6.92 Å². The number of carbonyl (C=O) groups is 4. The number of carbonyl (C=O) groups excluding carboxylic acids is 3. The van der Waals surface area contributed by atoms with Gasteiger partial charge in [-0.05, 0) is 6.42 Å². The number of hydrogen-bond donors (Lipinski definition) is 1. The summed E-state index contributed by atoms with van der Waals surface area (Å²) in [5.41, 5.74) is -0.773. The Bertz CT molecular complexity index is 494. The summed E-state index contributed by atoms with van der Waals surface area (Å²) >= 11 is 0. The van der Waals surface area contributed by atoms with Crippen LogP contribution in [0.5, 0.6) is 0 Å². The number of aliphatic carboxylic acids is 1. The molecular formula is C19H31O9+. The molecule has 28 heavy (non-hydrogen) atoms. The summed E-state index contributed by atoms with van der Waals surface area (Å²) in [5.74, 6) is -1.78. The van der Waals surface area contributed by atoms with Crippen molar-refractivity contribution in [3.8, 4) is 0 Å². The molecule has 0 aliphatic carbocycles. The van der Waals surface area contributed by atoms with Crippen LogP contribution in [0.2, 0.25) is 0 Å². The Kier molecular flexibility index (Phi) is 14.0. The van der Waals surface area contributed by atoms with Crippen molar-refractivity contribution in [3.63, 3.8) is 0 Å². The maximum Gasteiger partial charge on any atom is 0.309 e. The highest BCUT2D eigenvalue weighted by Crippen LogP contribution is 2.09. The van der Waals surface area contributed by atoms with Crippen LogP contribution in [0.15, 0.2) is 0 Å². The average Bonchev–Trinajstić information content (AvgIpc) is 2.56. The Labute approximate surface area is 165 Å². The highest BCUT2D eigenvalue weighted by Gasteiger charge is 2.22. The third kappa shape index (κ3) is 18.8. The molecule has 0 aliphatic rings. The van der Waals surface area contributed by atoms with Crippen LogP contribution >= 0.6 is 0 Å². The van der Waals surface area contributed by atoms with Crippen molar-refractivity contribution in [2.75, 3.05) is 39.6 Å². The Morgan fingerprint density at radius 1 is 0.786 bits per heavy atom. The van der Waals surface area contributed by atoms with Crippen molar-refractivity contribution in [1.82, 2.24) is 0 Å². The van der Waals surface area contributed by atoms with Crippen LogP contribution in [0.25, 0.3) is 0 Å². The van der Waals surface area contributed by atoms with Crippen molar-refractivity contribution < 1.29 is 43.2 Å². The van der Waals surface area contributed by atoms with Gasteiger partial charge in [0, 0.05) is 33.1 Å². The molecule has 0 bridgehead atoms. The molecule has 1 N–H and O–H groups in total. The molecule has 0 aromatic rings. The topological polar surface area (TPSA) is 125 Å². The minimum Gasteiger partial charge on any atom is -0.481 e. The molecule has 0 rings (SSSR count). The molecule has 0 saturated heterocycles. The summed E-state index contributed by atoms with van der Waals surface area (Å²) < 4.78 is 20.5. The molecular weight excluding hydrogens is 372 g/mol. The molecule has 0 saturated carbocycles. The van der Waals surface area contributed by atoms with E-state index in [-0.39, 0.29) is 82.9 Å². The van der Waals surface area contributed by atoms with E-state index in [0.717, 1.165) is 0 Å². The van der Waals surface area contributed by atoms with Gasteiger partial charge in [0.25, 0.3) is 0 Å². The molecule has 9 heteroatoms. The van der Waals surface area contributed by atoms with Gasteiger partial charge in [-0.15, -0.1) is 0 Å². The first-order valence-electron chi connectivity index (χ1n) is 9.16. The lowest BCUT2D eigenvalue weighted by Crippen LogP contribution is -2.24. The van der Waals surface area contributed by atoms with E-state index in [0.29, 0.717) is 6.42 Å². The quantitative estimate of drug-likeness (QED) is 0.205. The van der Waals surface area contributed by atoms with Crippen molar-refractivity contribution in [3.05, 3.63) is 6.92 Å². The van der Waals surface area contributed by atoms with Crippen LogP contribution in [0.1, 0.15) is 46.0 Å². The first kappa shape index (κ1) is 26.0. The van der Waals surface area contributed by atoms with Gasteiger partial charge in [-0.3, -0.25) is 19.2 Å². The van der Waals surface area contributed by atoms with E-state index in [1.54, 1.807) is 13.8 Å². The van der Waals surface area contributed by atoms with E-state index in [9.17, 15) is 19.2 Å². The lowest BCUT2D eigenvalue weighted by molar-refractivity contribution is -0.152. The first-order valence-corrected chi connectivity index (χ1v) is 9.16. The standard InChI is InChI=1S/C19H30O9/c1-19(2,3)28-18(24)6-4-5-15(20)13-26-11-9-25-10-12-27-14-16(21)7-8-17(22)23/h1,4-14H2,2-3H3/p+1. The zero-order valence-corrected chi connectivity index (χ0v) is 16.7. The van der Waals surface area contributed by atoms with Gasteiger partial charge < -0.3 is 24.1 Å². The predicted octanol–water partition coefficient (Wildman–Crippen LogP) is 1.37. The second kappa shape index (κ2) is 15.0. The Morgan fingerprint density at radius 2 is 1.29 bits per heavy atom. The fourth-order valence-corrected chi connectivity index (χ4v) is 1.89. The average molecular weight is 403 g/mol. The van der Waals surface area contributed by atoms with Crippen molar-refractivity contribution in [1.29, 1.82) is 0 Å². The summed E-state index contributed by atoms with van der Waals surface area (Å²) in [4.78, 5) is 44.6. The summed E-state index contributed by atoms with van der Waals surface area (Å²) in [5, 5.41) is 8.44. The number of carboxylic acid groups (broad SMARTS) is 1. The Morgan fingerprint density at radius 3 is 1.79 bits per heavy atom. The molecule has 0 heterocycles. The van der Waals surface area contributed by atoms with Crippen LogP contribution in [0.3, 0.4) is 0 Å². The molecule has 0 spiro atoms. The van der Waals surface area contributed by atoms with Gasteiger partial charge in [0.05, 0.1) is 32.8 Å². The van der Waals surface area contributed by atoms with Gasteiger partial charge in [-0.1, -0.05) is 0 Å². The van der Waals surface area contributed by atoms with Crippen LogP contribution in [-0.4, -0.2) is 73.9 Å². The number of ether oxygens (including phenoxy) is 4. The largest absolute Gasteiger partial charge is 0.481 e. The highest BCUT2D eigenvalue weighted by atomic mass is 16.6. The van der Waals surface area contributed by atoms with Gasteiger partial charge in [0.2, 0.25) is 5.60 Å². The molecule has 0 aromatic heterocycles.